The molecule has 0 unspecified atom stereocenters. The molecule has 0 aliphatic carbocycles. The Hall–Kier alpha value is -2.24. The minimum Gasteiger partial charge on any atom is -0.486 e. The van der Waals surface area contributed by atoms with Crippen LogP contribution in [0.3, 0.4) is 0 Å². The predicted octanol–water partition coefficient (Wildman–Crippen LogP) is 2.29. The number of fused-ring (bicyclic) bond motifs is 1. The monoisotopic (exact) mass is 320 g/mol. The van der Waals surface area contributed by atoms with Crippen LogP contribution >= 0.6 is 0 Å². The molecule has 6 heteroatoms. The molecule has 2 rings (SSSR count). The summed E-state index contributed by atoms with van der Waals surface area (Å²) in [5.41, 5.74) is 0.117. The molecule has 126 valence electrons. The number of ether oxygens (including phenoxy) is 2. The highest BCUT2D eigenvalue weighted by Gasteiger charge is 2.27. The lowest BCUT2D eigenvalue weighted by atomic mass is 9.94. The summed E-state index contributed by atoms with van der Waals surface area (Å²) in [6, 6.07) is 5.25. The summed E-state index contributed by atoms with van der Waals surface area (Å²) >= 11 is 0. The van der Waals surface area contributed by atoms with E-state index in [9.17, 15) is 9.59 Å². The third kappa shape index (κ3) is 4.37. The van der Waals surface area contributed by atoms with E-state index in [4.69, 9.17) is 9.47 Å². The van der Waals surface area contributed by atoms with E-state index in [2.05, 4.69) is 5.32 Å². The smallest absolute Gasteiger partial charge is 0.243 e. The summed E-state index contributed by atoms with van der Waals surface area (Å²) in [4.78, 5) is 26.0. The third-order valence-electron chi connectivity index (χ3n) is 3.47. The number of anilines is 1. The van der Waals surface area contributed by atoms with Gasteiger partial charge in [-0.3, -0.25) is 9.59 Å². The number of rotatable bonds is 4. The average molecular weight is 320 g/mol. The van der Waals surface area contributed by atoms with Gasteiger partial charge in [0.05, 0.1) is 6.54 Å². The fourth-order valence-corrected chi connectivity index (χ4v) is 2.30. The van der Waals surface area contributed by atoms with Crippen LogP contribution in [0.25, 0.3) is 0 Å². The Kier molecular flexibility index (Phi) is 5.13. The first-order valence-electron chi connectivity index (χ1n) is 7.80. The van der Waals surface area contributed by atoms with E-state index >= 15 is 0 Å². The van der Waals surface area contributed by atoms with E-state index in [-0.39, 0.29) is 18.4 Å². The van der Waals surface area contributed by atoms with Crippen molar-refractivity contribution in [1.29, 1.82) is 0 Å². The van der Waals surface area contributed by atoms with Gasteiger partial charge in [0.15, 0.2) is 11.5 Å². The number of nitrogens with one attached hydrogen (secondary N) is 1. The van der Waals surface area contributed by atoms with E-state index in [1.54, 1.807) is 23.1 Å². The number of benzene rings is 1. The molecule has 0 aromatic heterocycles. The van der Waals surface area contributed by atoms with Gasteiger partial charge < -0.3 is 19.7 Å². The number of carbonyl (C=O) groups is 2. The molecule has 0 saturated heterocycles. The van der Waals surface area contributed by atoms with E-state index in [1.165, 1.54) is 0 Å². The molecule has 23 heavy (non-hydrogen) atoms. The van der Waals surface area contributed by atoms with Crippen molar-refractivity contribution in [1.82, 2.24) is 4.90 Å². The Morgan fingerprint density at radius 3 is 2.43 bits per heavy atom. The Balaban J connectivity index is 2.00. The lowest BCUT2D eigenvalue weighted by Gasteiger charge is -2.28. The molecule has 0 fully saturated rings. The lowest BCUT2D eigenvalue weighted by molar-refractivity contribution is -0.141. The van der Waals surface area contributed by atoms with Crippen molar-refractivity contribution in [2.75, 3.05) is 31.6 Å². The number of carbonyl (C=O) groups excluding carboxylic acids is 2. The summed E-state index contributed by atoms with van der Waals surface area (Å²) in [5.74, 6) is 1.01. The van der Waals surface area contributed by atoms with E-state index in [1.807, 2.05) is 27.7 Å². The number of amides is 2. The van der Waals surface area contributed by atoms with Crippen LogP contribution in [-0.2, 0) is 9.59 Å². The van der Waals surface area contributed by atoms with Crippen LogP contribution in [-0.4, -0.2) is 43.0 Å². The number of hydrogen-bond donors (Lipinski definition) is 1. The lowest BCUT2D eigenvalue weighted by Crippen LogP contribution is -2.43. The summed E-state index contributed by atoms with van der Waals surface area (Å²) < 4.78 is 10.9. The molecule has 1 N–H and O–H groups in total. The van der Waals surface area contributed by atoms with Crippen LogP contribution in [0.15, 0.2) is 18.2 Å². The molecular weight excluding hydrogens is 296 g/mol. The zero-order chi connectivity index (χ0) is 17.0. The van der Waals surface area contributed by atoms with Crippen LogP contribution < -0.4 is 14.8 Å². The predicted molar refractivity (Wildman–Crippen MR) is 87.8 cm³/mol. The third-order valence-corrected chi connectivity index (χ3v) is 3.47. The van der Waals surface area contributed by atoms with Gasteiger partial charge in [-0.25, -0.2) is 0 Å². The van der Waals surface area contributed by atoms with E-state index in [0.717, 1.165) is 0 Å². The van der Waals surface area contributed by atoms with Gasteiger partial charge in [-0.1, -0.05) is 20.8 Å². The summed E-state index contributed by atoms with van der Waals surface area (Å²) in [6.45, 7) is 8.93. The minimum absolute atomic E-state index is 0.0288. The van der Waals surface area contributed by atoms with Crippen LogP contribution in [0.2, 0.25) is 0 Å². The molecule has 0 bridgehead atoms. The standard InChI is InChI=1S/C17H24N2O4/c1-5-19(16(21)17(2,3)4)11-15(20)18-12-6-7-13-14(10-12)23-9-8-22-13/h6-7,10H,5,8-9,11H2,1-4H3,(H,18,20). The van der Waals surface area contributed by atoms with Gasteiger partial charge in [0, 0.05) is 23.7 Å². The quantitative estimate of drug-likeness (QED) is 0.924. The maximum absolute atomic E-state index is 12.3. The Bertz CT molecular complexity index is 593. The molecule has 0 spiro atoms. The van der Waals surface area contributed by atoms with Crippen molar-refractivity contribution in [2.45, 2.75) is 27.7 Å². The number of likely N-dealkylation sites (N-methyl/N-ethyl adjacent to an activating group) is 1. The highest BCUT2D eigenvalue weighted by Crippen LogP contribution is 2.32. The van der Waals surface area contributed by atoms with Gasteiger partial charge in [-0.05, 0) is 19.1 Å². The molecule has 6 nitrogen and oxygen atoms in total. The number of nitrogens with zero attached hydrogens (tertiary/aromatic N) is 1. The molecule has 2 amide bonds. The average Bonchev–Trinajstić information content (AvgIpc) is 2.51. The van der Waals surface area contributed by atoms with Crippen molar-refractivity contribution in [3.8, 4) is 11.5 Å². The second kappa shape index (κ2) is 6.89. The highest BCUT2D eigenvalue weighted by molar-refractivity contribution is 5.95. The highest BCUT2D eigenvalue weighted by atomic mass is 16.6. The first-order valence-corrected chi connectivity index (χ1v) is 7.80. The minimum atomic E-state index is -0.507. The molecule has 0 saturated carbocycles. The van der Waals surface area contributed by atoms with Gasteiger partial charge in [-0.15, -0.1) is 0 Å². The maximum atomic E-state index is 12.3. The zero-order valence-electron chi connectivity index (χ0n) is 14.1. The van der Waals surface area contributed by atoms with Crippen molar-refractivity contribution in [3.05, 3.63) is 18.2 Å². The summed E-state index contributed by atoms with van der Waals surface area (Å²) in [5, 5.41) is 2.79. The van der Waals surface area contributed by atoms with Gasteiger partial charge in [-0.2, -0.15) is 0 Å². The summed E-state index contributed by atoms with van der Waals surface area (Å²) in [7, 11) is 0. The Morgan fingerprint density at radius 2 is 1.83 bits per heavy atom. The second-order valence-corrected chi connectivity index (χ2v) is 6.48. The first-order chi connectivity index (χ1) is 10.8. The fraction of sp³-hybridized carbons (Fsp3) is 0.529. The molecule has 1 heterocycles. The SMILES string of the molecule is CCN(CC(=O)Nc1ccc2c(c1)OCCO2)C(=O)C(C)(C)C. The molecule has 0 atom stereocenters. The van der Waals surface area contributed by atoms with E-state index < -0.39 is 5.41 Å². The summed E-state index contributed by atoms with van der Waals surface area (Å²) in [6.07, 6.45) is 0. The maximum Gasteiger partial charge on any atom is 0.243 e. The number of hydrogen-bond acceptors (Lipinski definition) is 4. The first kappa shape index (κ1) is 17.1. The van der Waals surface area contributed by atoms with Crippen LogP contribution in [0.1, 0.15) is 27.7 Å². The molecule has 0 radical (unpaired) electrons. The van der Waals surface area contributed by atoms with Gasteiger partial charge in [0.25, 0.3) is 0 Å². The van der Waals surface area contributed by atoms with E-state index in [0.29, 0.717) is 36.9 Å². The van der Waals surface area contributed by atoms with Crippen LogP contribution in [0.4, 0.5) is 5.69 Å². The molecule has 1 aromatic rings. The van der Waals surface area contributed by atoms with Crippen LogP contribution in [0.5, 0.6) is 11.5 Å². The van der Waals surface area contributed by atoms with Crippen LogP contribution in [0, 0.1) is 5.41 Å². The topological polar surface area (TPSA) is 67.9 Å². The van der Waals surface area contributed by atoms with Gasteiger partial charge in [0.1, 0.15) is 13.2 Å². The largest absolute Gasteiger partial charge is 0.486 e. The normalized spacial score (nSPS) is 13.4. The molecule has 1 aliphatic heterocycles. The van der Waals surface area contributed by atoms with Crippen molar-refractivity contribution in [3.63, 3.8) is 0 Å². The Morgan fingerprint density at radius 1 is 1.17 bits per heavy atom. The second-order valence-electron chi connectivity index (χ2n) is 6.48. The zero-order valence-corrected chi connectivity index (χ0v) is 14.1. The van der Waals surface area contributed by atoms with Crippen molar-refractivity contribution < 1.29 is 19.1 Å². The Labute approximate surface area is 136 Å². The van der Waals surface area contributed by atoms with Gasteiger partial charge >= 0.3 is 0 Å². The molecule has 1 aliphatic rings. The fourth-order valence-electron chi connectivity index (χ4n) is 2.30. The van der Waals surface area contributed by atoms with Gasteiger partial charge in [0.2, 0.25) is 11.8 Å². The molecule has 1 aromatic carbocycles. The molecular formula is C17H24N2O4. The van der Waals surface area contributed by atoms with Crippen molar-refractivity contribution >= 4 is 17.5 Å². The van der Waals surface area contributed by atoms with Crippen molar-refractivity contribution in [2.24, 2.45) is 5.41 Å².